The highest BCUT2D eigenvalue weighted by Gasteiger charge is 2.28. The van der Waals surface area contributed by atoms with Gasteiger partial charge in [0, 0.05) is 50.5 Å². The molecular formula is C25H28N4O3. The maximum absolute atomic E-state index is 12.9. The number of carbonyl (C=O) groups is 2. The number of para-hydroxylation sites is 1. The molecule has 2 heterocycles. The Morgan fingerprint density at radius 1 is 1.12 bits per heavy atom. The number of likely N-dealkylation sites (tertiary alicyclic amines) is 1. The van der Waals surface area contributed by atoms with Gasteiger partial charge in [-0.15, -0.1) is 0 Å². The first-order valence-corrected chi connectivity index (χ1v) is 10.9. The topological polar surface area (TPSA) is 78.7 Å². The van der Waals surface area contributed by atoms with Crippen LogP contribution in [0.2, 0.25) is 0 Å². The van der Waals surface area contributed by atoms with Crippen LogP contribution >= 0.6 is 0 Å². The van der Waals surface area contributed by atoms with Gasteiger partial charge in [-0.2, -0.15) is 0 Å². The largest absolute Gasteiger partial charge is 0.378 e. The maximum Gasteiger partial charge on any atom is 0.277 e. The zero-order valence-electron chi connectivity index (χ0n) is 18.5. The van der Waals surface area contributed by atoms with Crippen molar-refractivity contribution in [2.75, 3.05) is 37.4 Å². The summed E-state index contributed by atoms with van der Waals surface area (Å²) in [5.74, 6) is 0.482. The molecule has 2 amide bonds. The summed E-state index contributed by atoms with van der Waals surface area (Å²) in [6.45, 7) is 1.31. The smallest absolute Gasteiger partial charge is 0.277 e. The van der Waals surface area contributed by atoms with E-state index >= 15 is 0 Å². The van der Waals surface area contributed by atoms with Crippen LogP contribution in [-0.2, 0) is 11.2 Å². The second kappa shape index (κ2) is 9.68. The van der Waals surface area contributed by atoms with Crippen LogP contribution in [0.4, 0.5) is 11.4 Å². The summed E-state index contributed by atoms with van der Waals surface area (Å²) < 4.78 is 5.49. The molecule has 0 radical (unpaired) electrons. The van der Waals surface area contributed by atoms with E-state index in [1.54, 1.807) is 6.07 Å². The van der Waals surface area contributed by atoms with Crippen LogP contribution in [0.15, 0.2) is 65.2 Å². The van der Waals surface area contributed by atoms with Gasteiger partial charge in [0.1, 0.15) is 5.76 Å². The van der Waals surface area contributed by atoms with Crippen LogP contribution in [0, 0.1) is 0 Å². The molecular weight excluding hydrogens is 404 g/mol. The highest BCUT2D eigenvalue weighted by Crippen LogP contribution is 2.28. The molecule has 2 aromatic carbocycles. The van der Waals surface area contributed by atoms with Crippen LogP contribution in [0.5, 0.6) is 0 Å². The fraction of sp³-hybridized carbons (Fsp3) is 0.320. The first-order valence-electron chi connectivity index (χ1n) is 10.9. The average molecular weight is 433 g/mol. The number of benzene rings is 2. The minimum absolute atomic E-state index is 0.0367. The zero-order valence-corrected chi connectivity index (χ0v) is 18.5. The Morgan fingerprint density at radius 2 is 1.88 bits per heavy atom. The lowest BCUT2D eigenvalue weighted by atomic mass is 9.94. The molecule has 7 heteroatoms. The number of aromatic nitrogens is 1. The zero-order chi connectivity index (χ0) is 22.5. The van der Waals surface area contributed by atoms with Crippen molar-refractivity contribution in [2.24, 2.45) is 0 Å². The van der Waals surface area contributed by atoms with Crippen molar-refractivity contribution in [1.82, 2.24) is 10.1 Å². The number of nitrogens with zero attached hydrogens (tertiary/aromatic N) is 3. The SMILES string of the molecule is CN(C)c1ccc(CC(=O)N2CCCC(c3cc(C(=O)Nc4ccccc4)no3)C2)cc1. The Labute approximate surface area is 188 Å². The molecule has 1 N–H and O–H groups in total. The minimum atomic E-state index is -0.309. The van der Waals surface area contributed by atoms with Crippen molar-refractivity contribution in [3.8, 4) is 0 Å². The number of hydrogen-bond acceptors (Lipinski definition) is 5. The molecule has 1 unspecified atom stereocenters. The van der Waals surface area contributed by atoms with E-state index in [0.29, 0.717) is 24.4 Å². The van der Waals surface area contributed by atoms with E-state index in [2.05, 4.69) is 10.5 Å². The standard InChI is InChI=1S/C25H28N4O3/c1-28(2)21-12-10-18(11-13-21)15-24(30)29-14-6-7-19(17-29)23-16-22(27-32-23)25(31)26-20-8-4-3-5-9-20/h3-5,8-13,16,19H,6-7,14-15,17H2,1-2H3,(H,26,31). The van der Waals surface area contributed by atoms with Gasteiger partial charge in [-0.3, -0.25) is 9.59 Å². The van der Waals surface area contributed by atoms with E-state index < -0.39 is 0 Å². The third-order valence-electron chi connectivity index (χ3n) is 5.78. The third kappa shape index (κ3) is 5.17. The molecule has 1 saturated heterocycles. The lowest BCUT2D eigenvalue weighted by Crippen LogP contribution is -2.39. The first kappa shape index (κ1) is 21.6. The monoisotopic (exact) mass is 432 g/mol. The van der Waals surface area contributed by atoms with Crippen molar-refractivity contribution in [3.05, 3.63) is 77.7 Å². The molecule has 1 fully saturated rings. The predicted octanol–water partition coefficient (Wildman–Crippen LogP) is 3.94. The Kier molecular flexibility index (Phi) is 6.54. The van der Waals surface area contributed by atoms with Gasteiger partial charge in [0.05, 0.1) is 6.42 Å². The van der Waals surface area contributed by atoms with E-state index in [9.17, 15) is 9.59 Å². The molecule has 1 atom stereocenters. The highest BCUT2D eigenvalue weighted by atomic mass is 16.5. The van der Waals surface area contributed by atoms with Crippen molar-refractivity contribution in [1.29, 1.82) is 0 Å². The number of carbonyl (C=O) groups excluding carboxylic acids is 2. The van der Waals surface area contributed by atoms with Crippen LogP contribution in [0.1, 0.15) is 40.6 Å². The molecule has 0 spiro atoms. The number of anilines is 2. The van der Waals surface area contributed by atoms with Crippen LogP contribution in [-0.4, -0.2) is 49.1 Å². The van der Waals surface area contributed by atoms with Crippen LogP contribution in [0.3, 0.4) is 0 Å². The Morgan fingerprint density at radius 3 is 2.59 bits per heavy atom. The molecule has 1 aromatic heterocycles. The molecule has 0 aliphatic carbocycles. The number of amides is 2. The highest BCUT2D eigenvalue weighted by molar-refractivity contribution is 6.02. The van der Waals surface area contributed by atoms with Crippen molar-refractivity contribution in [3.63, 3.8) is 0 Å². The normalized spacial score (nSPS) is 15.9. The summed E-state index contributed by atoms with van der Waals surface area (Å²) in [6.07, 6.45) is 2.17. The van der Waals surface area contributed by atoms with Gasteiger partial charge in [-0.05, 0) is 42.7 Å². The summed E-state index contributed by atoms with van der Waals surface area (Å²) in [7, 11) is 3.99. The quantitative estimate of drug-likeness (QED) is 0.638. The summed E-state index contributed by atoms with van der Waals surface area (Å²) in [4.78, 5) is 29.3. The molecule has 3 aromatic rings. The van der Waals surface area contributed by atoms with E-state index in [4.69, 9.17) is 4.52 Å². The summed E-state index contributed by atoms with van der Waals surface area (Å²) in [5.41, 5.74) is 3.06. The summed E-state index contributed by atoms with van der Waals surface area (Å²) >= 11 is 0. The fourth-order valence-electron chi connectivity index (χ4n) is 3.94. The van der Waals surface area contributed by atoms with Gasteiger partial charge in [-0.25, -0.2) is 0 Å². The number of piperidine rings is 1. The lowest BCUT2D eigenvalue weighted by Gasteiger charge is -2.31. The molecule has 1 aliphatic rings. The van der Waals surface area contributed by atoms with Gasteiger partial charge < -0.3 is 19.6 Å². The maximum atomic E-state index is 12.9. The van der Waals surface area contributed by atoms with E-state index in [1.807, 2.05) is 78.5 Å². The number of rotatable bonds is 6. The van der Waals surface area contributed by atoms with Crippen molar-refractivity contribution >= 4 is 23.2 Å². The number of nitrogens with one attached hydrogen (secondary N) is 1. The Hall–Kier alpha value is -3.61. The Bertz CT molecular complexity index is 1060. The van der Waals surface area contributed by atoms with Gasteiger partial charge in [0.25, 0.3) is 5.91 Å². The van der Waals surface area contributed by atoms with Crippen molar-refractivity contribution in [2.45, 2.75) is 25.2 Å². The van der Waals surface area contributed by atoms with Gasteiger partial charge >= 0.3 is 0 Å². The van der Waals surface area contributed by atoms with Crippen LogP contribution < -0.4 is 10.2 Å². The summed E-state index contributed by atoms with van der Waals surface area (Å²) in [6, 6.07) is 19.0. The van der Waals surface area contributed by atoms with Crippen molar-refractivity contribution < 1.29 is 14.1 Å². The molecule has 4 rings (SSSR count). The lowest BCUT2D eigenvalue weighted by molar-refractivity contribution is -0.131. The molecule has 166 valence electrons. The minimum Gasteiger partial charge on any atom is -0.378 e. The predicted molar refractivity (Wildman–Crippen MR) is 124 cm³/mol. The average Bonchev–Trinajstić information content (AvgIpc) is 3.31. The van der Waals surface area contributed by atoms with Crippen LogP contribution in [0.25, 0.3) is 0 Å². The van der Waals surface area contributed by atoms with E-state index in [1.165, 1.54) is 0 Å². The third-order valence-corrected chi connectivity index (χ3v) is 5.78. The van der Waals surface area contributed by atoms with E-state index in [-0.39, 0.29) is 23.4 Å². The van der Waals surface area contributed by atoms with Gasteiger partial charge in [0.15, 0.2) is 5.69 Å². The second-order valence-corrected chi connectivity index (χ2v) is 8.35. The molecule has 32 heavy (non-hydrogen) atoms. The summed E-state index contributed by atoms with van der Waals surface area (Å²) in [5, 5.41) is 6.76. The first-order chi connectivity index (χ1) is 15.5. The fourth-order valence-corrected chi connectivity index (χ4v) is 3.94. The van der Waals surface area contributed by atoms with Gasteiger partial charge in [0.2, 0.25) is 5.91 Å². The number of hydrogen-bond donors (Lipinski definition) is 1. The van der Waals surface area contributed by atoms with E-state index in [0.717, 1.165) is 30.6 Å². The molecule has 1 aliphatic heterocycles. The second-order valence-electron chi connectivity index (χ2n) is 8.35. The molecule has 7 nitrogen and oxygen atoms in total. The van der Waals surface area contributed by atoms with Gasteiger partial charge in [-0.1, -0.05) is 35.5 Å². The molecule has 0 bridgehead atoms. The Balaban J connectivity index is 1.36. The molecule has 0 saturated carbocycles.